The summed E-state index contributed by atoms with van der Waals surface area (Å²) >= 11 is 0. The van der Waals surface area contributed by atoms with E-state index in [1.165, 1.54) is 18.2 Å². The average Bonchev–Trinajstić information content (AvgIpc) is 3.20. The van der Waals surface area contributed by atoms with Crippen LogP contribution in [-0.2, 0) is 4.79 Å². The molecular weight excluding hydrogens is 261 g/mol. The van der Waals surface area contributed by atoms with Crippen LogP contribution in [0.1, 0.15) is 35.7 Å². The zero-order chi connectivity index (χ0) is 14.7. The van der Waals surface area contributed by atoms with Gasteiger partial charge in [-0.1, -0.05) is 6.07 Å². The highest BCUT2D eigenvalue weighted by atomic mass is 19.1. The fraction of sp³-hybridized carbons (Fsp3) is 0.333. The minimum absolute atomic E-state index is 0.0232. The summed E-state index contributed by atoms with van der Waals surface area (Å²) in [5.74, 6) is -1.70. The fourth-order valence-electron chi connectivity index (χ4n) is 1.99. The van der Waals surface area contributed by atoms with E-state index in [4.69, 9.17) is 5.11 Å². The van der Waals surface area contributed by atoms with Gasteiger partial charge in [0.25, 0.3) is 5.91 Å². The molecule has 2 N–H and O–H groups in total. The lowest BCUT2D eigenvalue weighted by molar-refractivity contribution is -0.131. The largest absolute Gasteiger partial charge is 0.478 e. The molecule has 4 nitrogen and oxygen atoms in total. The minimum atomic E-state index is -1.11. The summed E-state index contributed by atoms with van der Waals surface area (Å²) < 4.78 is 13.8. The molecule has 20 heavy (non-hydrogen) atoms. The molecule has 1 aromatic carbocycles. The van der Waals surface area contributed by atoms with Crippen molar-refractivity contribution >= 4 is 18.0 Å². The number of carboxylic acid groups (broad SMARTS) is 1. The number of rotatable bonds is 5. The van der Waals surface area contributed by atoms with Crippen LogP contribution >= 0.6 is 0 Å². The molecule has 1 fully saturated rings. The summed E-state index contributed by atoms with van der Waals surface area (Å²) in [6.45, 7) is 1.91. The van der Waals surface area contributed by atoms with Gasteiger partial charge in [-0.05, 0) is 49.5 Å². The summed E-state index contributed by atoms with van der Waals surface area (Å²) in [7, 11) is 0. The number of amides is 1. The Hall–Kier alpha value is -2.17. The van der Waals surface area contributed by atoms with Gasteiger partial charge < -0.3 is 10.4 Å². The van der Waals surface area contributed by atoms with Gasteiger partial charge in [0.1, 0.15) is 5.82 Å². The van der Waals surface area contributed by atoms with E-state index in [0.29, 0.717) is 11.5 Å². The van der Waals surface area contributed by atoms with Gasteiger partial charge in [0.05, 0.1) is 5.56 Å². The van der Waals surface area contributed by atoms with Crippen LogP contribution in [0.3, 0.4) is 0 Å². The lowest BCUT2D eigenvalue weighted by Crippen LogP contribution is -2.34. The van der Waals surface area contributed by atoms with Crippen molar-refractivity contribution in [2.24, 2.45) is 5.92 Å². The Kier molecular flexibility index (Phi) is 4.17. The number of carbonyl (C=O) groups is 2. The Bertz CT molecular complexity index is 564. The number of carbonyl (C=O) groups excluding carboxylic acids is 1. The Labute approximate surface area is 116 Å². The number of benzene rings is 1. The third kappa shape index (κ3) is 3.66. The number of aliphatic carboxylic acids is 1. The molecule has 1 amide bonds. The molecule has 0 heterocycles. The van der Waals surface area contributed by atoms with Crippen molar-refractivity contribution in [3.63, 3.8) is 0 Å². The summed E-state index contributed by atoms with van der Waals surface area (Å²) in [6, 6.07) is 4.08. The zero-order valence-electron chi connectivity index (χ0n) is 11.1. The maximum atomic E-state index is 13.8. The van der Waals surface area contributed by atoms with Gasteiger partial charge in [-0.2, -0.15) is 0 Å². The van der Waals surface area contributed by atoms with Crippen molar-refractivity contribution < 1.29 is 19.1 Å². The normalized spacial score (nSPS) is 16.1. The van der Waals surface area contributed by atoms with Gasteiger partial charge in [-0.15, -0.1) is 0 Å². The van der Waals surface area contributed by atoms with E-state index in [1.54, 1.807) is 0 Å². The van der Waals surface area contributed by atoms with Crippen LogP contribution in [0.2, 0.25) is 0 Å². The van der Waals surface area contributed by atoms with E-state index in [0.717, 1.165) is 25.0 Å². The molecule has 0 radical (unpaired) electrons. The topological polar surface area (TPSA) is 66.4 Å². The second-order valence-corrected chi connectivity index (χ2v) is 5.01. The van der Waals surface area contributed by atoms with Crippen molar-refractivity contribution in [1.82, 2.24) is 5.32 Å². The van der Waals surface area contributed by atoms with Gasteiger partial charge in [-0.25, -0.2) is 9.18 Å². The van der Waals surface area contributed by atoms with Crippen molar-refractivity contribution in [1.29, 1.82) is 0 Å². The van der Waals surface area contributed by atoms with Gasteiger partial charge in [0, 0.05) is 12.1 Å². The highest BCUT2D eigenvalue weighted by Crippen LogP contribution is 2.32. The van der Waals surface area contributed by atoms with Crippen LogP contribution in [0.4, 0.5) is 4.39 Å². The van der Waals surface area contributed by atoms with Crippen LogP contribution in [-0.4, -0.2) is 23.0 Å². The first-order valence-corrected chi connectivity index (χ1v) is 6.49. The van der Waals surface area contributed by atoms with Crippen LogP contribution in [0.15, 0.2) is 24.3 Å². The summed E-state index contributed by atoms with van der Waals surface area (Å²) in [4.78, 5) is 22.3. The standard InChI is InChI=1S/C15H16FNO3/c1-9(11-4-5-11)17-15(20)12-6-2-10(8-13(12)16)3-7-14(18)19/h2-3,6-9,11H,4-5H2,1H3,(H,17,20)(H,18,19). The monoisotopic (exact) mass is 277 g/mol. The van der Waals surface area contributed by atoms with Gasteiger partial charge in [-0.3, -0.25) is 4.79 Å². The van der Waals surface area contributed by atoms with Crippen molar-refractivity contribution in [2.45, 2.75) is 25.8 Å². The van der Waals surface area contributed by atoms with Crippen LogP contribution in [0, 0.1) is 11.7 Å². The number of hydrogen-bond acceptors (Lipinski definition) is 2. The first-order valence-electron chi connectivity index (χ1n) is 6.49. The molecule has 0 spiro atoms. The Balaban J connectivity index is 2.08. The predicted molar refractivity (Wildman–Crippen MR) is 72.7 cm³/mol. The minimum Gasteiger partial charge on any atom is -0.478 e. The number of halogens is 1. The van der Waals surface area contributed by atoms with E-state index < -0.39 is 17.7 Å². The number of hydrogen-bond donors (Lipinski definition) is 2. The molecule has 1 aromatic rings. The molecule has 0 bridgehead atoms. The second kappa shape index (κ2) is 5.86. The smallest absolute Gasteiger partial charge is 0.328 e. The Morgan fingerprint density at radius 3 is 2.70 bits per heavy atom. The second-order valence-electron chi connectivity index (χ2n) is 5.01. The SMILES string of the molecule is CC(NC(=O)c1ccc(C=CC(=O)O)cc1F)C1CC1. The predicted octanol–water partition coefficient (Wildman–Crippen LogP) is 2.45. The summed E-state index contributed by atoms with van der Waals surface area (Å²) in [5.41, 5.74) is 0.377. The maximum Gasteiger partial charge on any atom is 0.328 e. The quantitative estimate of drug-likeness (QED) is 0.812. The molecule has 1 unspecified atom stereocenters. The van der Waals surface area contributed by atoms with Gasteiger partial charge >= 0.3 is 5.97 Å². The first-order chi connectivity index (χ1) is 9.47. The van der Waals surface area contributed by atoms with E-state index in [9.17, 15) is 14.0 Å². The highest BCUT2D eigenvalue weighted by Gasteiger charge is 2.29. The van der Waals surface area contributed by atoms with Crippen LogP contribution in [0.5, 0.6) is 0 Å². The lowest BCUT2D eigenvalue weighted by atomic mass is 10.1. The van der Waals surface area contributed by atoms with E-state index in [2.05, 4.69) is 5.32 Å². The van der Waals surface area contributed by atoms with Crippen molar-refractivity contribution in [3.8, 4) is 0 Å². The molecule has 0 aliphatic heterocycles. The molecular formula is C15H16FNO3. The van der Waals surface area contributed by atoms with Crippen LogP contribution in [0.25, 0.3) is 6.08 Å². The molecule has 1 atom stereocenters. The fourth-order valence-corrected chi connectivity index (χ4v) is 1.99. The summed E-state index contributed by atoms with van der Waals surface area (Å²) in [6.07, 6.45) is 4.40. The number of nitrogens with one attached hydrogen (secondary N) is 1. The molecule has 0 aromatic heterocycles. The molecule has 1 aliphatic carbocycles. The highest BCUT2D eigenvalue weighted by molar-refractivity contribution is 5.95. The summed E-state index contributed by atoms with van der Waals surface area (Å²) in [5, 5.41) is 11.3. The molecule has 106 valence electrons. The molecule has 2 rings (SSSR count). The van der Waals surface area contributed by atoms with E-state index in [1.807, 2.05) is 6.92 Å². The molecule has 0 saturated heterocycles. The third-order valence-electron chi connectivity index (χ3n) is 3.34. The zero-order valence-corrected chi connectivity index (χ0v) is 11.1. The lowest BCUT2D eigenvalue weighted by Gasteiger charge is -2.13. The molecule has 5 heteroatoms. The van der Waals surface area contributed by atoms with Crippen molar-refractivity contribution in [2.75, 3.05) is 0 Å². The van der Waals surface area contributed by atoms with Gasteiger partial charge in [0.2, 0.25) is 0 Å². The van der Waals surface area contributed by atoms with Crippen molar-refractivity contribution in [3.05, 3.63) is 41.2 Å². The van der Waals surface area contributed by atoms with E-state index >= 15 is 0 Å². The first kappa shape index (κ1) is 14.2. The maximum absolute atomic E-state index is 13.8. The van der Waals surface area contributed by atoms with Gasteiger partial charge in [0.15, 0.2) is 0 Å². The molecule has 1 saturated carbocycles. The van der Waals surface area contributed by atoms with E-state index in [-0.39, 0.29) is 11.6 Å². The average molecular weight is 277 g/mol. The third-order valence-corrected chi connectivity index (χ3v) is 3.34. The Morgan fingerprint density at radius 2 is 2.15 bits per heavy atom. The number of carboxylic acids is 1. The molecule has 1 aliphatic rings. The van der Waals surface area contributed by atoms with Crippen LogP contribution < -0.4 is 5.32 Å². The Morgan fingerprint density at radius 1 is 1.45 bits per heavy atom.